The number of fused-ring (bicyclic) bond motifs is 1. The SMILES string of the molecule is c1ccc2c(c1)CSCC2NCCCc1ncn[nH]1. The molecular formula is C14H18N4S. The lowest BCUT2D eigenvalue weighted by Gasteiger charge is -2.26. The van der Waals surface area contributed by atoms with Crippen LogP contribution in [0.5, 0.6) is 0 Å². The molecular weight excluding hydrogens is 256 g/mol. The molecule has 1 aromatic carbocycles. The van der Waals surface area contributed by atoms with Crippen molar-refractivity contribution < 1.29 is 0 Å². The maximum Gasteiger partial charge on any atom is 0.137 e. The average molecular weight is 274 g/mol. The van der Waals surface area contributed by atoms with Crippen LogP contribution in [0.2, 0.25) is 0 Å². The maximum atomic E-state index is 4.14. The predicted molar refractivity (Wildman–Crippen MR) is 78.1 cm³/mol. The summed E-state index contributed by atoms with van der Waals surface area (Å²) < 4.78 is 0. The van der Waals surface area contributed by atoms with Crippen molar-refractivity contribution in [2.24, 2.45) is 0 Å². The highest BCUT2D eigenvalue weighted by molar-refractivity contribution is 7.98. The third kappa shape index (κ3) is 3.16. The van der Waals surface area contributed by atoms with Crippen molar-refractivity contribution in [3.05, 3.63) is 47.5 Å². The molecule has 0 spiro atoms. The molecule has 0 saturated heterocycles. The molecule has 0 bridgehead atoms. The largest absolute Gasteiger partial charge is 0.309 e. The smallest absolute Gasteiger partial charge is 0.137 e. The van der Waals surface area contributed by atoms with E-state index in [1.54, 1.807) is 6.33 Å². The zero-order valence-electron chi connectivity index (χ0n) is 10.8. The van der Waals surface area contributed by atoms with Gasteiger partial charge in [0.2, 0.25) is 0 Å². The quantitative estimate of drug-likeness (QED) is 0.822. The Balaban J connectivity index is 1.51. The van der Waals surface area contributed by atoms with Gasteiger partial charge in [0.25, 0.3) is 0 Å². The van der Waals surface area contributed by atoms with E-state index in [4.69, 9.17) is 0 Å². The van der Waals surface area contributed by atoms with Crippen LogP contribution in [0.1, 0.15) is 29.4 Å². The fourth-order valence-corrected chi connectivity index (χ4v) is 3.57. The topological polar surface area (TPSA) is 53.6 Å². The average Bonchev–Trinajstić information content (AvgIpc) is 2.97. The van der Waals surface area contributed by atoms with Crippen LogP contribution in [0.15, 0.2) is 30.6 Å². The van der Waals surface area contributed by atoms with Crippen LogP contribution >= 0.6 is 11.8 Å². The number of aromatic nitrogens is 3. The molecule has 0 fully saturated rings. The highest BCUT2D eigenvalue weighted by Gasteiger charge is 2.18. The van der Waals surface area contributed by atoms with Crippen molar-refractivity contribution in [2.75, 3.05) is 12.3 Å². The Labute approximate surface area is 117 Å². The van der Waals surface area contributed by atoms with E-state index in [-0.39, 0.29) is 0 Å². The molecule has 0 radical (unpaired) electrons. The van der Waals surface area contributed by atoms with E-state index >= 15 is 0 Å². The number of aromatic amines is 1. The molecule has 3 rings (SSSR count). The predicted octanol–water partition coefficient (Wildman–Crippen LogP) is 2.31. The highest BCUT2D eigenvalue weighted by atomic mass is 32.2. The molecule has 1 unspecified atom stereocenters. The minimum atomic E-state index is 0.490. The first kappa shape index (κ1) is 12.7. The van der Waals surface area contributed by atoms with Crippen molar-refractivity contribution in [3.8, 4) is 0 Å². The standard InChI is InChI=1S/C14H18N4S/c1-2-5-12-11(4-1)8-19-9-13(12)15-7-3-6-14-16-10-17-18-14/h1-2,4-5,10,13,15H,3,6-9H2,(H,16,17,18). The van der Waals surface area contributed by atoms with Crippen molar-refractivity contribution in [1.29, 1.82) is 0 Å². The number of nitrogens with zero attached hydrogens (tertiary/aromatic N) is 2. The number of nitrogens with one attached hydrogen (secondary N) is 2. The molecule has 2 N–H and O–H groups in total. The van der Waals surface area contributed by atoms with E-state index in [0.29, 0.717) is 6.04 Å². The first-order valence-corrected chi connectivity index (χ1v) is 7.82. The van der Waals surface area contributed by atoms with Crippen LogP contribution in [0.4, 0.5) is 0 Å². The van der Waals surface area contributed by atoms with Crippen LogP contribution in [0, 0.1) is 0 Å². The zero-order chi connectivity index (χ0) is 12.9. The van der Waals surface area contributed by atoms with Crippen LogP contribution in [-0.2, 0) is 12.2 Å². The minimum Gasteiger partial charge on any atom is -0.309 e. The lowest BCUT2D eigenvalue weighted by Crippen LogP contribution is -2.27. The van der Waals surface area contributed by atoms with Crippen LogP contribution in [0.25, 0.3) is 0 Å². The van der Waals surface area contributed by atoms with Crippen LogP contribution < -0.4 is 5.32 Å². The number of thioether (sulfide) groups is 1. The van der Waals surface area contributed by atoms with Gasteiger partial charge < -0.3 is 5.32 Å². The number of rotatable bonds is 5. The molecule has 1 aliphatic rings. The number of hydrogen-bond acceptors (Lipinski definition) is 4. The van der Waals surface area contributed by atoms with Gasteiger partial charge in [-0.25, -0.2) is 4.98 Å². The molecule has 0 aliphatic carbocycles. The monoisotopic (exact) mass is 274 g/mol. The van der Waals surface area contributed by atoms with Gasteiger partial charge in [0, 0.05) is 24.0 Å². The van der Waals surface area contributed by atoms with E-state index in [0.717, 1.165) is 31.0 Å². The van der Waals surface area contributed by atoms with Gasteiger partial charge in [-0.2, -0.15) is 16.9 Å². The number of hydrogen-bond donors (Lipinski definition) is 2. The Morgan fingerprint density at radius 2 is 2.32 bits per heavy atom. The molecule has 2 aromatic rings. The summed E-state index contributed by atoms with van der Waals surface area (Å²) in [5.41, 5.74) is 2.95. The van der Waals surface area contributed by atoms with Crippen molar-refractivity contribution in [2.45, 2.75) is 24.6 Å². The minimum absolute atomic E-state index is 0.490. The Morgan fingerprint density at radius 1 is 1.37 bits per heavy atom. The zero-order valence-corrected chi connectivity index (χ0v) is 11.6. The van der Waals surface area contributed by atoms with E-state index in [1.807, 2.05) is 11.8 Å². The van der Waals surface area contributed by atoms with Gasteiger partial charge in [0.05, 0.1) is 0 Å². The van der Waals surface area contributed by atoms with E-state index < -0.39 is 0 Å². The lowest BCUT2D eigenvalue weighted by atomic mass is 10.0. The van der Waals surface area contributed by atoms with Crippen LogP contribution in [0.3, 0.4) is 0 Å². The normalized spacial score (nSPS) is 18.2. The molecule has 4 nitrogen and oxygen atoms in total. The lowest BCUT2D eigenvalue weighted by molar-refractivity contribution is 0.555. The third-order valence-corrected chi connectivity index (χ3v) is 4.50. The summed E-state index contributed by atoms with van der Waals surface area (Å²) in [4.78, 5) is 4.14. The first-order valence-electron chi connectivity index (χ1n) is 6.66. The molecule has 100 valence electrons. The maximum absolute atomic E-state index is 4.14. The summed E-state index contributed by atoms with van der Waals surface area (Å²) in [6.45, 7) is 1.01. The second-order valence-electron chi connectivity index (χ2n) is 4.76. The molecule has 1 atom stereocenters. The summed E-state index contributed by atoms with van der Waals surface area (Å²) >= 11 is 2.01. The third-order valence-electron chi connectivity index (χ3n) is 3.42. The fraction of sp³-hybridized carbons (Fsp3) is 0.429. The van der Waals surface area contributed by atoms with Gasteiger partial charge in [0.15, 0.2) is 0 Å². The number of benzene rings is 1. The first-order chi connectivity index (χ1) is 9.43. The molecule has 1 aliphatic heterocycles. The van der Waals surface area contributed by atoms with Crippen molar-refractivity contribution >= 4 is 11.8 Å². The van der Waals surface area contributed by atoms with E-state index in [9.17, 15) is 0 Å². The van der Waals surface area contributed by atoms with E-state index in [1.165, 1.54) is 16.9 Å². The Bertz CT molecular complexity index is 512. The molecule has 0 saturated carbocycles. The second-order valence-corrected chi connectivity index (χ2v) is 5.79. The van der Waals surface area contributed by atoms with Crippen molar-refractivity contribution in [3.63, 3.8) is 0 Å². The van der Waals surface area contributed by atoms with Gasteiger partial charge >= 0.3 is 0 Å². The molecule has 1 aromatic heterocycles. The summed E-state index contributed by atoms with van der Waals surface area (Å²) in [6, 6.07) is 9.25. The highest BCUT2D eigenvalue weighted by Crippen LogP contribution is 2.31. The summed E-state index contributed by atoms with van der Waals surface area (Å²) in [7, 11) is 0. The van der Waals surface area contributed by atoms with Crippen molar-refractivity contribution in [1.82, 2.24) is 20.5 Å². The molecule has 0 amide bonds. The number of aryl methyl sites for hydroxylation is 1. The summed E-state index contributed by atoms with van der Waals surface area (Å²) in [6.07, 6.45) is 3.60. The van der Waals surface area contributed by atoms with E-state index in [2.05, 4.69) is 44.8 Å². The van der Waals surface area contributed by atoms with Gasteiger partial charge in [0.1, 0.15) is 12.2 Å². The second kappa shape index (κ2) is 6.21. The Morgan fingerprint density at radius 3 is 3.21 bits per heavy atom. The molecule has 5 heteroatoms. The van der Waals surface area contributed by atoms with Gasteiger partial charge in [-0.1, -0.05) is 24.3 Å². The molecule has 19 heavy (non-hydrogen) atoms. The fourth-order valence-electron chi connectivity index (χ4n) is 2.43. The molecule has 2 heterocycles. The van der Waals surface area contributed by atoms with Gasteiger partial charge in [-0.15, -0.1) is 0 Å². The Hall–Kier alpha value is -1.33. The summed E-state index contributed by atoms with van der Waals surface area (Å²) in [5, 5.41) is 10.4. The summed E-state index contributed by atoms with van der Waals surface area (Å²) in [5.74, 6) is 3.28. The number of H-pyrrole nitrogens is 1. The van der Waals surface area contributed by atoms with Gasteiger partial charge in [-0.05, 0) is 24.1 Å². The van der Waals surface area contributed by atoms with Crippen LogP contribution in [-0.4, -0.2) is 27.5 Å². The van der Waals surface area contributed by atoms with Gasteiger partial charge in [-0.3, -0.25) is 5.10 Å². The Kier molecular flexibility index (Phi) is 4.15.